The number of aromatic nitrogens is 1. The van der Waals surface area contributed by atoms with Crippen LogP contribution >= 0.6 is 0 Å². The average molecular weight is 425 g/mol. The Hall–Kier alpha value is -2.26. The molecule has 1 aromatic carbocycles. The minimum atomic E-state index is -3.85. The molecule has 1 unspecified atom stereocenters. The van der Waals surface area contributed by atoms with Crippen molar-refractivity contribution in [2.24, 2.45) is 0 Å². The van der Waals surface area contributed by atoms with Crippen LogP contribution in [0.25, 0.3) is 0 Å². The van der Waals surface area contributed by atoms with Crippen molar-refractivity contribution in [2.45, 2.75) is 44.1 Å². The summed E-state index contributed by atoms with van der Waals surface area (Å²) in [6.07, 6.45) is -2.50. The summed E-state index contributed by atoms with van der Waals surface area (Å²) in [7, 11) is -3.85. The van der Waals surface area contributed by atoms with Gasteiger partial charge in [0.2, 0.25) is 6.43 Å². The Bertz CT molecular complexity index is 951. The van der Waals surface area contributed by atoms with E-state index in [0.717, 1.165) is 25.5 Å². The van der Waals surface area contributed by atoms with Gasteiger partial charge in [-0.15, -0.1) is 0 Å². The van der Waals surface area contributed by atoms with Crippen LogP contribution in [0.15, 0.2) is 41.3 Å². The molecule has 0 radical (unpaired) electrons. The van der Waals surface area contributed by atoms with Crippen molar-refractivity contribution in [1.29, 1.82) is 0 Å². The van der Waals surface area contributed by atoms with Gasteiger partial charge in [-0.3, -0.25) is 4.72 Å². The summed E-state index contributed by atoms with van der Waals surface area (Å²) in [5.74, 6) is -0.143. The molecule has 3 rings (SSSR count). The van der Waals surface area contributed by atoms with Gasteiger partial charge in [0.05, 0.1) is 16.3 Å². The van der Waals surface area contributed by atoms with Crippen LogP contribution in [-0.2, 0) is 10.0 Å². The summed E-state index contributed by atoms with van der Waals surface area (Å²) in [6, 6.07) is 9.40. The van der Waals surface area contributed by atoms with Crippen LogP contribution in [0.3, 0.4) is 0 Å². The van der Waals surface area contributed by atoms with E-state index in [9.17, 15) is 17.2 Å². The first-order chi connectivity index (χ1) is 13.7. The fourth-order valence-electron chi connectivity index (χ4n) is 3.27. The monoisotopic (exact) mass is 424 g/mol. The normalized spacial score (nSPS) is 18.7. The number of piperazine rings is 1. The van der Waals surface area contributed by atoms with E-state index >= 15 is 0 Å². The van der Waals surface area contributed by atoms with Gasteiger partial charge >= 0.3 is 0 Å². The number of anilines is 2. The highest BCUT2D eigenvalue weighted by atomic mass is 32.2. The van der Waals surface area contributed by atoms with E-state index < -0.39 is 22.4 Å². The van der Waals surface area contributed by atoms with Gasteiger partial charge in [-0.1, -0.05) is 19.1 Å². The van der Waals surface area contributed by atoms with E-state index in [4.69, 9.17) is 0 Å². The lowest BCUT2D eigenvalue weighted by molar-refractivity contribution is 0.121. The van der Waals surface area contributed by atoms with Crippen molar-refractivity contribution in [1.82, 2.24) is 10.3 Å². The molecule has 9 heteroatoms. The van der Waals surface area contributed by atoms with Gasteiger partial charge in [0.25, 0.3) is 10.0 Å². The maximum Gasteiger partial charge on any atom is 0.261 e. The molecule has 1 fully saturated rings. The molecule has 1 aliphatic rings. The average Bonchev–Trinajstić information content (AvgIpc) is 2.69. The summed E-state index contributed by atoms with van der Waals surface area (Å²) in [6.45, 7) is 7.81. The molecule has 29 heavy (non-hydrogen) atoms. The van der Waals surface area contributed by atoms with Crippen LogP contribution in [0, 0.1) is 6.92 Å². The first kappa shape index (κ1) is 21.4. The second-order valence-electron chi connectivity index (χ2n) is 7.40. The summed E-state index contributed by atoms with van der Waals surface area (Å²) < 4.78 is 53.6. The molecule has 2 atom stereocenters. The molecule has 2 heterocycles. The molecule has 2 aromatic rings. The van der Waals surface area contributed by atoms with Gasteiger partial charge in [-0.05, 0) is 43.7 Å². The van der Waals surface area contributed by atoms with Crippen LogP contribution in [0.5, 0.6) is 0 Å². The number of aryl methyl sites for hydroxylation is 1. The Morgan fingerprint density at radius 2 is 1.90 bits per heavy atom. The number of hydrogen-bond acceptors (Lipinski definition) is 5. The lowest BCUT2D eigenvalue weighted by atomic mass is 10.0. The van der Waals surface area contributed by atoms with E-state index in [-0.39, 0.29) is 4.90 Å². The second-order valence-corrected chi connectivity index (χ2v) is 9.08. The highest BCUT2D eigenvalue weighted by Crippen LogP contribution is 2.26. The van der Waals surface area contributed by atoms with Gasteiger partial charge in [0.15, 0.2) is 0 Å². The van der Waals surface area contributed by atoms with Crippen LogP contribution in [0.1, 0.15) is 31.0 Å². The molecular formula is C20H26F2N4O2S. The zero-order valence-corrected chi connectivity index (χ0v) is 17.5. The SMILES string of the molecule is Cc1nc(N2CCNC(C)C2)ccc1NS(=O)(=O)c1ccc([C@@H](C)C(F)F)cc1. The van der Waals surface area contributed by atoms with Gasteiger partial charge in [-0.25, -0.2) is 22.2 Å². The minimum absolute atomic E-state index is 0.0159. The third-order valence-corrected chi connectivity index (χ3v) is 6.48. The molecule has 1 aliphatic heterocycles. The van der Waals surface area contributed by atoms with E-state index in [2.05, 4.69) is 26.8 Å². The molecule has 6 nitrogen and oxygen atoms in total. The van der Waals surface area contributed by atoms with Crippen LogP contribution in [0.2, 0.25) is 0 Å². The summed E-state index contributed by atoms with van der Waals surface area (Å²) >= 11 is 0. The third kappa shape index (κ3) is 5.02. The summed E-state index contributed by atoms with van der Waals surface area (Å²) in [5.41, 5.74) is 1.36. The highest BCUT2D eigenvalue weighted by molar-refractivity contribution is 7.92. The molecular weight excluding hydrogens is 398 g/mol. The predicted octanol–water partition coefficient (Wildman–Crippen LogP) is 3.36. The van der Waals surface area contributed by atoms with Crippen LogP contribution in [-0.4, -0.2) is 45.5 Å². The van der Waals surface area contributed by atoms with Crippen molar-refractivity contribution >= 4 is 21.5 Å². The molecule has 158 valence electrons. The molecule has 1 saturated heterocycles. The topological polar surface area (TPSA) is 74.3 Å². The zero-order chi connectivity index (χ0) is 21.2. The van der Waals surface area contributed by atoms with E-state index in [0.29, 0.717) is 23.0 Å². The number of benzene rings is 1. The lowest BCUT2D eigenvalue weighted by Gasteiger charge is -2.33. The number of hydrogen-bond donors (Lipinski definition) is 2. The number of pyridine rings is 1. The molecule has 0 spiro atoms. The number of sulfonamides is 1. The summed E-state index contributed by atoms with van der Waals surface area (Å²) in [5, 5.41) is 3.37. The fourth-order valence-corrected chi connectivity index (χ4v) is 4.39. The first-order valence-corrected chi connectivity index (χ1v) is 11.0. The van der Waals surface area contributed by atoms with Crippen LogP contribution < -0.4 is 14.9 Å². The Morgan fingerprint density at radius 3 is 2.48 bits per heavy atom. The maximum absolute atomic E-state index is 12.8. The van der Waals surface area contributed by atoms with E-state index in [1.807, 2.05) is 0 Å². The van der Waals surface area contributed by atoms with Crippen molar-refractivity contribution in [3.05, 3.63) is 47.7 Å². The van der Waals surface area contributed by atoms with Gasteiger partial charge in [0, 0.05) is 31.6 Å². The Labute approximate surface area is 170 Å². The molecule has 0 amide bonds. The summed E-state index contributed by atoms with van der Waals surface area (Å²) in [4.78, 5) is 6.73. The van der Waals surface area contributed by atoms with Crippen molar-refractivity contribution in [2.75, 3.05) is 29.3 Å². The molecule has 2 N–H and O–H groups in total. The Morgan fingerprint density at radius 1 is 1.21 bits per heavy atom. The Kier molecular flexibility index (Phi) is 6.38. The second kappa shape index (κ2) is 8.62. The number of alkyl halides is 2. The van der Waals surface area contributed by atoms with Gasteiger partial charge in [-0.2, -0.15) is 0 Å². The number of nitrogens with one attached hydrogen (secondary N) is 2. The number of rotatable bonds is 6. The predicted molar refractivity (Wildman–Crippen MR) is 110 cm³/mol. The third-order valence-electron chi connectivity index (χ3n) is 5.10. The Balaban J connectivity index is 1.76. The molecule has 0 bridgehead atoms. The highest BCUT2D eigenvalue weighted by Gasteiger charge is 2.21. The fraction of sp³-hybridized carbons (Fsp3) is 0.450. The quantitative estimate of drug-likeness (QED) is 0.744. The lowest BCUT2D eigenvalue weighted by Crippen LogP contribution is -2.49. The van der Waals surface area contributed by atoms with Gasteiger partial charge in [0.1, 0.15) is 5.82 Å². The largest absolute Gasteiger partial charge is 0.354 e. The minimum Gasteiger partial charge on any atom is -0.354 e. The maximum atomic E-state index is 12.8. The van der Waals surface area contributed by atoms with E-state index in [1.54, 1.807) is 19.1 Å². The van der Waals surface area contributed by atoms with Crippen LogP contribution in [0.4, 0.5) is 20.3 Å². The molecule has 1 aromatic heterocycles. The number of nitrogens with zero attached hydrogens (tertiary/aromatic N) is 2. The van der Waals surface area contributed by atoms with Crippen molar-refractivity contribution in [3.63, 3.8) is 0 Å². The smallest absolute Gasteiger partial charge is 0.261 e. The molecule has 0 aliphatic carbocycles. The standard InChI is InChI=1S/C20H26F2N4O2S/c1-13-12-26(11-10-23-13)19-9-8-18(15(3)24-19)25-29(27,28)17-6-4-16(5-7-17)14(2)20(21)22/h4-9,13-14,20,23,25H,10-12H2,1-3H3/t13?,14-/m1/s1. The van der Waals surface area contributed by atoms with Crippen molar-refractivity contribution in [3.8, 4) is 0 Å². The first-order valence-electron chi connectivity index (χ1n) is 9.54. The number of halogens is 2. The van der Waals surface area contributed by atoms with Crippen molar-refractivity contribution < 1.29 is 17.2 Å². The zero-order valence-electron chi connectivity index (χ0n) is 16.7. The van der Waals surface area contributed by atoms with Gasteiger partial charge < -0.3 is 10.2 Å². The van der Waals surface area contributed by atoms with E-state index in [1.165, 1.54) is 31.2 Å². The molecule has 0 saturated carbocycles.